The molecule has 1 aromatic carbocycles. The van der Waals surface area contributed by atoms with Crippen molar-refractivity contribution in [2.45, 2.75) is 50.0 Å². The van der Waals surface area contributed by atoms with Gasteiger partial charge in [-0.3, -0.25) is 9.59 Å². The van der Waals surface area contributed by atoms with Crippen LogP contribution < -0.4 is 0 Å². The van der Waals surface area contributed by atoms with Gasteiger partial charge >= 0.3 is 0 Å². The minimum absolute atomic E-state index is 0.252. The summed E-state index contributed by atoms with van der Waals surface area (Å²) < 4.78 is 0. The van der Waals surface area contributed by atoms with E-state index in [-0.39, 0.29) is 5.41 Å². The first kappa shape index (κ1) is 14.7. The summed E-state index contributed by atoms with van der Waals surface area (Å²) in [5.41, 5.74) is 0.916. The number of carbonyl (C=O) groups excluding carboxylic acids is 2. The van der Waals surface area contributed by atoms with Gasteiger partial charge in [-0.05, 0) is 37.7 Å². The third-order valence-corrected chi connectivity index (χ3v) is 5.79. The first-order chi connectivity index (χ1) is 11.2. The van der Waals surface area contributed by atoms with Crippen molar-refractivity contribution in [3.05, 3.63) is 35.9 Å². The average molecular weight is 312 g/mol. The molecule has 23 heavy (non-hydrogen) atoms. The lowest BCUT2D eigenvalue weighted by molar-refractivity contribution is -0.136. The van der Waals surface area contributed by atoms with E-state index in [1.807, 2.05) is 28.0 Å². The average Bonchev–Trinajstić information content (AvgIpc) is 3.31. The number of piperidine rings is 1. The number of rotatable bonds is 3. The highest BCUT2D eigenvalue weighted by atomic mass is 16.2. The number of hydrogen-bond donors (Lipinski definition) is 0. The molecular formula is C19H24N2O2. The summed E-state index contributed by atoms with van der Waals surface area (Å²) in [4.78, 5) is 29.0. The molecule has 0 N–H and O–H groups in total. The van der Waals surface area contributed by atoms with Crippen molar-refractivity contribution in [3.8, 4) is 0 Å². The predicted octanol–water partition coefficient (Wildman–Crippen LogP) is 2.33. The van der Waals surface area contributed by atoms with Gasteiger partial charge in [-0.15, -0.1) is 0 Å². The standard InChI is InChI=1S/C19H24N2O2/c22-17-7-4-12-21(17)16-8-13-20(14-9-16)18(23)19(10-11-19)15-5-2-1-3-6-15/h1-3,5-6,16H,4,7-14H2. The van der Waals surface area contributed by atoms with Crippen LogP contribution in [0.5, 0.6) is 0 Å². The van der Waals surface area contributed by atoms with Crippen LogP contribution in [-0.4, -0.2) is 47.3 Å². The molecule has 4 rings (SSSR count). The first-order valence-corrected chi connectivity index (χ1v) is 8.85. The molecule has 2 amide bonds. The van der Waals surface area contributed by atoms with Crippen molar-refractivity contribution in [1.29, 1.82) is 0 Å². The third-order valence-electron chi connectivity index (χ3n) is 5.79. The lowest BCUT2D eigenvalue weighted by Gasteiger charge is -2.38. The number of hydrogen-bond acceptors (Lipinski definition) is 2. The van der Waals surface area contributed by atoms with Crippen LogP contribution in [0.1, 0.15) is 44.1 Å². The van der Waals surface area contributed by atoms with Crippen LogP contribution in [0.3, 0.4) is 0 Å². The van der Waals surface area contributed by atoms with Crippen molar-refractivity contribution in [3.63, 3.8) is 0 Å². The molecule has 3 fully saturated rings. The summed E-state index contributed by atoms with van der Waals surface area (Å²) in [6, 6.07) is 10.6. The monoisotopic (exact) mass is 312 g/mol. The summed E-state index contributed by atoms with van der Waals surface area (Å²) >= 11 is 0. The van der Waals surface area contributed by atoms with Gasteiger partial charge in [0.2, 0.25) is 11.8 Å². The lowest BCUT2D eigenvalue weighted by atomic mass is 9.92. The van der Waals surface area contributed by atoms with Gasteiger partial charge in [0.15, 0.2) is 0 Å². The quantitative estimate of drug-likeness (QED) is 0.859. The molecule has 3 aliphatic rings. The normalized spacial score (nSPS) is 24.1. The fraction of sp³-hybridized carbons (Fsp3) is 0.579. The SMILES string of the molecule is O=C1CCCN1C1CCN(C(=O)C2(c3ccccc3)CC2)CC1. The molecule has 122 valence electrons. The number of likely N-dealkylation sites (tertiary alicyclic amines) is 2. The van der Waals surface area contributed by atoms with Gasteiger partial charge in [-0.2, -0.15) is 0 Å². The summed E-state index contributed by atoms with van der Waals surface area (Å²) in [5.74, 6) is 0.604. The second-order valence-electron chi connectivity index (χ2n) is 7.16. The molecule has 0 aromatic heterocycles. The van der Waals surface area contributed by atoms with Crippen molar-refractivity contribution >= 4 is 11.8 Å². The van der Waals surface area contributed by atoms with Crippen LogP contribution >= 0.6 is 0 Å². The van der Waals surface area contributed by atoms with Gasteiger partial charge in [0.1, 0.15) is 0 Å². The molecule has 0 bridgehead atoms. The van der Waals surface area contributed by atoms with Crippen LogP contribution in [-0.2, 0) is 15.0 Å². The van der Waals surface area contributed by atoms with Crippen molar-refractivity contribution < 1.29 is 9.59 Å². The van der Waals surface area contributed by atoms with Gasteiger partial charge in [0.25, 0.3) is 0 Å². The maximum Gasteiger partial charge on any atom is 0.233 e. The Hall–Kier alpha value is -1.84. The van der Waals surface area contributed by atoms with Gasteiger partial charge in [-0.25, -0.2) is 0 Å². The fourth-order valence-corrected chi connectivity index (χ4v) is 4.25. The number of carbonyl (C=O) groups is 2. The Balaban J connectivity index is 1.41. The van der Waals surface area contributed by atoms with Gasteiger partial charge in [0, 0.05) is 32.1 Å². The largest absolute Gasteiger partial charge is 0.342 e. The molecular weight excluding hydrogens is 288 g/mol. The minimum atomic E-state index is -0.252. The maximum absolute atomic E-state index is 13.0. The Bertz CT molecular complexity index is 601. The van der Waals surface area contributed by atoms with E-state index in [4.69, 9.17) is 0 Å². The van der Waals surface area contributed by atoms with E-state index in [0.29, 0.717) is 24.3 Å². The van der Waals surface area contributed by atoms with Crippen LogP contribution in [0.2, 0.25) is 0 Å². The molecule has 2 saturated heterocycles. The Labute approximate surface area is 137 Å². The zero-order valence-electron chi connectivity index (χ0n) is 13.5. The molecule has 4 nitrogen and oxygen atoms in total. The predicted molar refractivity (Wildman–Crippen MR) is 87.9 cm³/mol. The molecule has 4 heteroatoms. The van der Waals surface area contributed by atoms with Crippen LogP contribution in [0, 0.1) is 0 Å². The summed E-state index contributed by atoms with van der Waals surface area (Å²) in [6.07, 6.45) is 5.51. The van der Waals surface area contributed by atoms with E-state index < -0.39 is 0 Å². The molecule has 0 spiro atoms. The van der Waals surface area contributed by atoms with Gasteiger partial charge in [0.05, 0.1) is 5.41 Å². The number of amides is 2. The third kappa shape index (κ3) is 2.54. The van der Waals surface area contributed by atoms with E-state index in [1.165, 1.54) is 5.56 Å². The summed E-state index contributed by atoms with van der Waals surface area (Å²) in [5, 5.41) is 0. The molecule has 0 radical (unpaired) electrons. The van der Waals surface area contributed by atoms with Gasteiger partial charge < -0.3 is 9.80 Å². The van der Waals surface area contributed by atoms with E-state index in [9.17, 15) is 9.59 Å². The summed E-state index contributed by atoms with van der Waals surface area (Å²) in [7, 11) is 0. The molecule has 1 aliphatic carbocycles. The Morgan fingerprint density at radius 3 is 2.30 bits per heavy atom. The van der Waals surface area contributed by atoms with E-state index >= 15 is 0 Å². The first-order valence-electron chi connectivity index (χ1n) is 8.85. The molecule has 0 unspecified atom stereocenters. The second kappa shape index (κ2) is 5.66. The Morgan fingerprint density at radius 2 is 1.74 bits per heavy atom. The zero-order chi connectivity index (χ0) is 15.9. The fourth-order valence-electron chi connectivity index (χ4n) is 4.25. The van der Waals surface area contributed by atoms with E-state index in [2.05, 4.69) is 12.1 Å². The van der Waals surface area contributed by atoms with E-state index in [1.54, 1.807) is 0 Å². The molecule has 2 aliphatic heterocycles. The van der Waals surface area contributed by atoms with Crippen LogP contribution in [0.15, 0.2) is 30.3 Å². The smallest absolute Gasteiger partial charge is 0.233 e. The molecule has 2 heterocycles. The zero-order valence-corrected chi connectivity index (χ0v) is 13.5. The topological polar surface area (TPSA) is 40.6 Å². The Morgan fingerprint density at radius 1 is 1.04 bits per heavy atom. The highest BCUT2D eigenvalue weighted by Gasteiger charge is 2.53. The lowest BCUT2D eigenvalue weighted by Crippen LogP contribution is -2.49. The highest BCUT2D eigenvalue weighted by molar-refractivity contribution is 5.91. The maximum atomic E-state index is 13.0. The summed E-state index contributed by atoms with van der Waals surface area (Å²) in [6.45, 7) is 2.50. The number of benzene rings is 1. The van der Waals surface area contributed by atoms with Gasteiger partial charge in [-0.1, -0.05) is 30.3 Å². The van der Waals surface area contributed by atoms with Crippen molar-refractivity contribution in [2.75, 3.05) is 19.6 Å². The minimum Gasteiger partial charge on any atom is -0.342 e. The molecule has 0 atom stereocenters. The highest BCUT2D eigenvalue weighted by Crippen LogP contribution is 2.49. The molecule has 1 aromatic rings. The van der Waals surface area contributed by atoms with Crippen LogP contribution in [0.25, 0.3) is 0 Å². The second-order valence-corrected chi connectivity index (χ2v) is 7.16. The van der Waals surface area contributed by atoms with Crippen molar-refractivity contribution in [2.24, 2.45) is 0 Å². The van der Waals surface area contributed by atoms with E-state index in [0.717, 1.165) is 51.7 Å². The van der Waals surface area contributed by atoms with Crippen molar-refractivity contribution in [1.82, 2.24) is 9.80 Å². The van der Waals surface area contributed by atoms with Crippen LogP contribution in [0.4, 0.5) is 0 Å². The molecule has 1 saturated carbocycles. The Kier molecular flexibility index (Phi) is 3.63. The number of nitrogens with zero attached hydrogens (tertiary/aromatic N) is 2.